The minimum Gasteiger partial charge on any atom is -0.456 e. The summed E-state index contributed by atoms with van der Waals surface area (Å²) in [6.07, 6.45) is 11.9. The fraction of sp³-hybridized carbons (Fsp3) is 0.857. The normalized spacial score (nSPS) is 38.8. The number of carbonyl (C=O) groups excluding carboxylic acids is 2. The van der Waals surface area contributed by atoms with Gasteiger partial charge in [-0.25, -0.2) is 0 Å². The van der Waals surface area contributed by atoms with Crippen LogP contribution in [0.2, 0.25) is 0 Å². The molecule has 0 aliphatic heterocycles. The van der Waals surface area contributed by atoms with Gasteiger partial charge in [-0.1, -0.05) is 35.2 Å². The van der Waals surface area contributed by atoms with Crippen LogP contribution in [0, 0.1) is 28.6 Å². The first-order valence-corrected chi connectivity index (χ1v) is 11.2. The van der Waals surface area contributed by atoms with E-state index < -0.39 is 5.54 Å². The molecule has 0 aromatic carbocycles. The summed E-state index contributed by atoms with van der Waals surface area (Å²) in [6.45, 7) is -0.273. The fourth-order valence-electron chi connectivity index (χ4n) is 6.77. The van der Waals surface area contributed by atoms with Gasteiger partial charge >= 0.3 is 5.97 Å². The van der Waals surface area contributed by atoms with E-state index in [4.69, 9.17) is 4.74 Å². The number of hydrogen-bond acceptors (Lipinski definition) is 4. The lowest BCUT2D eigenvalue weighted by atomic mass is 9.49. The maximum absolute atomic E-state index is 12.5. The molecule has 1 N–H and O–H groups in total. The molecular formula is C21H29BrN2O3. The van der Waals surface area contributed by atoms with E-state index in [1.54, 1.807) is 0 Å². The standard InChI is InChI=1S/C21H29BrN2O3/c22-20-9-15-6-16(10-20)8-19(7-15,13-20)11-18(26)27-12-17(25)24-21(14-23)4-2-1-3-5-21/h15-16H,1-13H2,(H,24,25)/t15-,16+,19?,20?. The second-order valence-corrected chi connectivity index (χ2v) is 11.4. The number of hydrogen-bond donors (Lipinski definition) is 1. The van der Waals surface area contributed by atoms with Crippen molar-refractivity contribution in [2.24, 2.45) is 17.3 Å². The molecule has 5 saturated carbocycles. The first-order valence-electron chi connectivity index (χ1n) is 10.4. The minimum atomic E-state index is -0.774. The van der Waals surface area contributed by atoms with Gasteiger partial charge < -0.3 is 10.1 Å². The van der Waals surface area contributed by atoms with Crippen molar-refractivity contribution in [3.05, 3.63) is 0 Å². The summed E-state index contributed by atoms with van der Waals surface area (Å²) in [7, 11) is 0. The molecular weight excluding hydrogens is 408 g/mol. The average Bonchev–Trinajstić information content (AvgIpc) is 2.58. The Morgan fingerprint density at radius 2 is 1.78 bits per heavy atom. The number of esters is 1. The molecule has 0 spiro atoms. The van der Waals surface area contributed by atoms with E-state index in [0.29, 0.717) is 19.3 Å². The summed E-state index contributed by atoms with van der Waals surface area (Å²) in [5.74, 6) is 0.833. The summed E-state index contributed by atoms with van der Waals surface area (Å²) in [6, 6.07) is 2.27. The Hall–Kier alpha value is -1.09. The second kappa shape index (κ2) is 7.06. The average molecular weight is 437 g/mol. The zero-order valence-corrected chi connectivity index (χ0v) is 17.5. The van der Waals surface area contributed by atoms with Crippen molar-refractivity contribution in [1.82, 2.24) is 5.32 Å². The van der Waals surface area contributed by atoms with Crippen molar-refractivity contribution in [2.75, 3.05) is 6.61 Å². The molecule has 5 fully saturated rings. The van der Waals surface area contributed by atoms with Gasteiger partial charge in [-0.15, -0.1) is 0 Å². The Morgan fingerprint density at radius 3 is 2.37 bits per heavy atom. The summed E-state index contributed by atoms with van der Waals surface area (Å²) < 4.78 is 5.55. The highest BCUT2D eigenvalue weighted by Gasteiger charge is 2.57. The van der Waals surface area contributed by atoms with Crippen molar-refractivity contribution in [3.63, 3.8) is 0 Å². The highest BCUT2D eigenvalue weighted by molar-refractivity contribution is 9.10. The zero-order valence-electron chi connectivity index (χ0n) is 15.9. The monoisotopic (exact) mass is 436 g/mol. The van der Waals surface area contributed by atoms with Gasteiger partial charge in [0.1, 0.15) is 5.54 Å². The van der Waals surface area contributed by atoms with Crippen LogP contribution < -0.4 is 5.32 Å². The van der Waals surface area contributed by atoms with Gasteiger partial charge in [0.05, 0.1) is 12.5 Å². The van der Waals surface area contributed by atoms with Gasteiger partial charge in [0.25, 0.3) is 5.91 Å². The number of rotatable bonds is 5. The van der Waals surface area contributed by atoms with Gasteiger partial charge in [0, 0.05) is 4.32 Å². The molecule has 27 heavy (non-hydrogen) atoms. The van der Waals surface area contributed by atoms with Gasteiger partial charge in [-0.3, -0.25) is 9.59 Å². The topological polar surface area (TPSA) is 79.2 Å². The van der Waals surface area contributed by atoms with Gasteiger partial charge in [-0.05, 0) is 68.6 Å². The molecule has 0 saturated heterocycles. The molecule has 0 radical (unpaired) electrons. The van der Waals surface area contributed by atoms with Crippen LogP contribution in [0.5, 0.6) is 0 Å². The minimum absolute atomic E-state index is 0.0540. The maximum atomic E-state index is 12.5. The molecule has 6 heteroatoms. The Morgan fingerprint density at radius 1 is 1.11 bits per heavy atom. The predicted octanol–water partition coefficient (Wildman–Crippen LogP) is 4.00. The lowest BCUT2D eigenvalue weighted by molar-refractivity contribution is -0.155. The van der Waals surface area contributed by atoms with E-state index >= 15 is 0 Å². The molecule has 0 heterocycles. The van der Waals surface area contributed by atoms with Crippen molar-refractivity contribution in [3.8, 4) is 6.07 Å². The van der Waals surface area contributed by atoms with Crippen LogP contribution in [-0.4, -0.2) is 28.3 Å². The lowest BCUT2D eigenvalue weighted by Crippen LogP contribution is -2.53. The SMILES string of the molecule is N#CC1(NC(=O)COC(=O)CC23C[C@@H]4C[C@@H](CC(Br)(C4)C2)C3)CCCCC1. The number of amides is 1. The summed E-state index contributed by atoms with van der Waals surface area (Å²) >= 11 is 3.97. The van der Waals surface area contributed by atoms with Crippen LogP contribution >= 0.6 is 15.9 Å². The van der Waals surface area contributed by atoms with E-state index in [2.05, 4.69) is 27.3 Å². The molecule has 5 aliphatic carbocycles. The Bertz CT molecular complexity index is 651. The molecule has 5 rings (SSSR count). The molecule has 5 aliphatic rings. The number of nitriles is 1. The third kappa shape index (κ3) is 4.04. The van der Waals surface area contributed by atoms with Crippen molar-refractivity contribution >= 4 is 27.8 Å². The molecule has 4 bridgehead atoms. The molecule has 0 aromatic heterocycles. The predicted molar refractivity (Wildman–Crippen MR) is 104 cm³/mol. The Kier molecular flexibility index (Phi) is 5.03. The number of alkyl halides is 1. The van der Waals surface area contributed by atoms with Crippen molar-refractivity contribution in [2.45, 2.75) is 86.9 Å². The van der Waals surface area contributed by atoms with Crippen LogP contribution in [0.25, 0.3) is 0 Å². The quantitative estimate of drug-likeness (QED) is 0.521. The van der Waals surface area contributed by atoms with Crippen LogP contribution in [-0.2, 0) is 14.3 Å². The van der Waals surface area contributed by atoms with E-state index in [0.717, 1.165) is 50.4 Å². The number of halogens is 1. The summed E-state index contributed by atoms with van der Waals surface area (Å²) in [4.78, 5) is 24.7. The van der Waals surface area contributed by atoms with E-state index in [1.807, 2.05) is 0 Å². The van der Waals surface area contributed by atoms with E-state index in [9.17, 15) is 14.9 Å². The van der Waals surface area contributed by atoms with Crippen LogP contribution in [0.4, 0.5) is 0 Å². The second-order valence-electron chi connectivity index (χ2n) is 9.75. The highest BCUT2D eigenvalue weighted by Crippen LogP contribution is 2.65. The molecule has 5 nitrogen and oxygen atoms in total. The van der Waals surface area contributed by atoms with Crippen LogP contribution in [0.15, 0.2) is 0 Å². The largest absolute Gasteiger partial charge is 0.456 e. The smallest absolute Gasteiger partial charge is 0.306 e. The first kappa shape index (κ1) is 19.2. The van der Waals surface area contributed by atoms with Crippen LogP contribution in [0.3, 0.4) is 0 Å². The third-order valence-corrected chi connectivity index (χ3v) is 8.22. The van der Waals surface area contributed by atoms with Gasteiger partial charge in [0.2, 0.25) is 0 Å². The highest BCUT2D eigenvalue weighted by atomic mass is 79.9. The van der Waals surface area contributed by atoms with Gasteiger partial charge in [0.15, 0.2) is 6.61 Å². The van der Waals surface area contributed by atoms with Crippen LogP contribution in [0.1, 0.15) is 77.0 Å². The van der Waals surface area contributed by atoms with Crippen molar-refractivity contribution in [1.29, 1.82) is 5.26 Å². The first-order chi connectivity index (χ1) is 12.8. The summed E-state index contributed by atoms with van der Waals surface area (Å²) in [5, 5.41) is 12.3. The molecule has 1 amide bonds. The number of carbonyl (C=O) groups is 2. The molecule has 0 aromatic rings. The zero-order chi connectivity index (χ0) is 19.1. The lowest BCUT2D eigenvalue weighted by Gasteiger charge is -2.60. The number of nitrogens with one attached hydrogen (secondary N) is 1. The third-order valence-electron chi connectivity index (χ3n) is 7.29. The van der Waals surface area contributed by atoms with Gasteiger partial charge in [-0.2, -0.15) is 5.26 Å². The fourth-order valence-corrected chi connectivity index (χ4v) is 8.28. The Balaban J connectivity index is 1.29. The number of ether oxygens (including phenoxy) is 1. The molecule has 148 valence electrons. The van der Waals surface area contributed by atoms with E-state index in [1.165, 1.54) is 19.3 Å². The maximum Gasteiger partial charge on any atom is 0.306 e. The molecule has 2 unspecified atom stereocenters. The molecule has 4 atom stereocenters. The van der Waals surface area contributed by atoms with Crippen molar-refractivity contribution < 1.29 is 14.3 Å². The number of nitrogens with zero attached hydrogens (tertiary/aromatic N) is 1. The summed E-state index contributed by atoms with van der Waals surface area (Å²) in [5.41, 5.74) is -0.720. The Labute approximate surface area is 169 Å². The van der Waals surface area contributed by atoms with E-state index in [-0.39, 0.29) is 28.2 Å².